The number of carbonyl (C=O) groups is 1. The Bertz CT molecular complexity index is 1480. The first-order valence-electron chi connectivity index (χ1n) is 18.0. The van der Waals surface area contributed by atoms with Gasteiger partial charge < -0.3 is 14.2 Å². The van der Waals surface area contributed by atoms with Crippen molar-refractivity contribution in [2.45, 2.75) is 119 Å². The van der Waals surface area contributed by atoms with Gasteiger partial charge in [0.15, 0.2) is 0 Å². The van der Waals surface area contributed by atoms with Gasteiger partial charge in [0, 0.05) is 47.2 Å². The van der Waals surface area contributed by atoms with Crippen molar-refractivity contribution in [3.05, 3.63) is 106 Å². The molecule has 1 aliphatic heterocycles. The van der Waals surface area contributed by atoms with Crippen molar-refractivity contribution in [2.75, 3.05) is 19.8 Å². The molecule has 0 amide bonds. The lowest BCUT2D eigenvalue weighted by Crippen LogP contribution is -2.25. The highest BCUT2D eigenvalue weighted by Gasteiger charge is 2.14. The van der Waals surface area contributed by atoms with Crippen LogP contribution in [0.4, 0.5) is 4.39 Å². The molecule has 1 aromatic heterocycles. The van der Waals surface area contributed by atoms with Crippen LogP contribution in [0.25, 0.3) is 0 Å². The van der Waals surface area contributed by atoms with Crippen LogP contribution in [0.5, 0.6) is 5.88 Å². The van der Waals surface area contributed by atoms with Crippen molar-refractivity contribution in [1.82, 2.24) is 4.98 Å². The molecule has 1 fully saturated rings. The molecule has 1 atom stereocenters. The molecule has 4 rings (SSSR count). The Morgan fingerprint density at radius 1 is 1.04 bits per heavy atom. The normalized spacial score (nSPS) is 12.7. The van der Waals surface area contributed by atoms with Crippen LogP contribution in [-0.4, -0.2) is 36.9 Å². The van der Waals surface area contributed by atoms with E-state index in [-0.39, 0.29) is 5.82 Å². The number of ether oxygens (including phenoxy) is 3. The highest BCUT2D eigenvalue weighted by Crippen LogP contribution is 2.26. The van der Waals surface area contributed by atoms with Crippen molar-refractivity contribution >= 4 is 17.6 Å². The summed E-state index contributed by atoms with van der Waals surface area (Å²) < 4.78 is 29.3. The molecule has 0 aliphatic carbocycles. The maximum atomic E-state index is 13.8. The summed E-state index contributed by atoms with van der Waals surface area (Å²) in [7, 11) is 0. The fraction of sp³-hybridized carbons (Fsp3) is 0.488. The van der Waals surface area contributed by atoms with Crippen molar-refractivity contribution in [1.29, 1.82) is 0 Å². The Kier molecular flexibility index (Phi) is 23.2. The fourth-order valence-corrected chi connectivity index (χ4v) is 4.74. The van der Waals surface area contributed by atoms with E-state index >= 15 is 0 Å². The van der Waals surface area contributed by atoms with E-state index in [1.165, 1.54) is 35.6 Å². The molecule has 2 aromatic carbocycles. The minimum absolute atomic E-state index is 0.293. The molecule has 0 N–H and O–H groups in total. The summed E-state index contributed by atoms with van der Waals surface area (Å²) in [5, 5.41) is 0.407. The number of rotatable bonds is 12. The second-order valence-electron chi connectivity index (χ2n) is 12.3. The third-order valence-electron chi connectivity index (χ3n) is 8.02. The zero-order valence-corrected chi connectivity index (χ0v) is 32.4. The smallest absolute Gasteiger partial charge is 0.384 e. The molecule has 0 saturated carbocycles. The zero-order valence-electron chi connectivity index (χ0n) is 31.7. The number of halogens is 2. The van der Waals surface area contributed by atoms with Crippen LogP contribution in [-0.2, 0) is 20.7 Å². The van der Waals surface area contributed by atoms with E-state index in [4.69, 9.17) is 25.8 Å². The first-order chi connectivity index (χ1) is 24.0. The lowest BCUT2D eigenvalue weighted by molar-refractivity contribution is -0.136. The van der Waals surface area contributed by atoms with Crippen molar-refractivity contribution in [2.24, 2.45) is 0 Å². The van der Waals surface area contributed by atoms with Crippen molar-refractivity contribution < 1.29 is 23.4 Å². The van der Waals surface area contributed by atoms with Gasteiger partial charge in [-0.15, -0.1) is 6.58 Å². The van der Waals surface area contributed by atoms with Gasteiger partial charge in [0.25, 0.3) is 0 Å². The van der Waals surface area contributed by atoms with Crippen LogP contribution in [0.3, 0.4) is 0 Å². The molecule has 1 saturated heterocycles. The Morgan fingerprint density at radius 3 is 2.22 bits per heavy atom. The minimum Gasteiger partial charge on any atom is -0.477 e. The number of nitrogens with zero attached hydrogens (tertiary/aromatic N) is 1. The van der Waals surface area contributed by atoms with E-state index in [1.807, 2.05) is 51.1 Å². The van der Waals surface area contributed by atoms with E-state index < -0.39 is 5.97 Å². The molecule has 0 bridgehead atoms. The van der Waals surface area contributed by atoms with E-state index in [0.29, 0.717) is 48.1 Å². The first-order valence-corrected chi connectivity index (χ1v) is 18.4. The van der Waals surface area contributed by atoms with Crippen LogP contribution in [0, 0.1) is 31.5 Å². The van der Waals surface area contributed by atoms with Crippen LogP contribution >= 0.6 is 11.6 Å². The van der Waals surface area contributed by atoms with Gasteiger partial charge in [0.05, 0.1) is 19.3 Å². The van der Waals surface area contributed by atoms with Crippen molar-refractivity contribution in [3.63, 3.8) is 0 Å². The minimum atomic E-state index is -0.476. The van der Waals surface area contributed by atoms with Gasteiger partial charge in [0.2, 0.25) is 5.88 Å². The number of hydrogen-bond acceptors (Lipinski definition) is 5. The molecule has 1 unspecified atom stereocenters. The van der Waals surface area contributed by atoms with Crippen LogP contribution < -0.4 is 4.74 Å². The summed E-state index contributed by atoms with van der Waals surface area (Å²) in [5.74, 6) is 5.53. The third-order valence-corrected chi connectivity index (χ3v) is 8.25. The van der Waals surface area contributed by atoms with Gasteiger partial charge in [-0.2, -0.15) is 0 Å². The number of pyridine rings is 1. The monoisotopic (exact) mass is 707 g/mol. The second kappa shape index (κ2) is 26.2. The standard InChI is InChI=1S/C20H25ClFNO.C13H14O2.C5H10O.C5H10/c1-3-6-16(7-4-2)19-8-5-9-20(23-19)24-13-12-15-10-11-17(21)14-18(15)22;1-4-15-13(14)8-7-12-6-5-10(2)11(3)9-12;1-2-5-3-4-6-5;1-4-5(2)3/h5,8-11,14,16H,3-4,6-7,12-13H2,1-2H3;5-6,9H,4H2,1-3H3;5H,2-4H2,1H3;2,4H2,1,3H3. The van der Waals surface area contributed by atoms with Gasteiger partial charge in [-0.3, -0.25) is 0 Å². The lowest BCUT2D eigenvalue weighted by atomic mass is 9.94. The van der Waals surface area contributed by atoms with Crippen molar-refractivity contribution in [3.8, 4) is 17.7 Å². The SMILES string of the molecule is C=C(C)CC.CCC1CCO1.CCCC(CCC)c1cccc(OCCc2ccc(Cl)cc2F)n1.CCOC(=O)C#Cc1ccc(C)c(C)c1. The van der Waals surface area contributed by atoms with E-state index in [9.17, 15) is 9.18 Å². The highest BCUT2D eigenvalue weighted by atomic mass is 35.5. The average molecular weight is 708 g/mol. The Hall–Kier alpha value is -3.66. The molecule has 274 valence electrons. The maximum Gasteiger partial charge on any atom is 0.384 e. The second-order valence-corrected chi connectivity index (χ2v) is 12.7. The molecule has 50 heavy (non-hydrogen) atoms. The predicted octanol–water partition coefficient (Wildman–Crippen LogP) is 11.6. The Labute approximate surface area is 307 Å². The Balaban J connectivity index is 0.000000404. The number of benzene rings is 2. The molecule has 3 aromatic rings. The largest absolute Gasteiger partial charge is 0.477 e. The van der Waals surface area contributed by atoms with E-state index in [1.54, 1.807) is 19.1 Å². The third kappa shape index (κ3) is 18.9. The van der Waals surface area contributed by atoms with Gasteiger partial charge in [-0.05, 0) is 107 Å². The van der Waals surface area contributed by atoms with E-state index in [2.05, 4.69) is 57.2 Å². The quantitative estimate of drug-likeness (QED) is 0.107. The summed E-state index contributed by atoms with van der Waals surface area (Å²) in [5.41, 5.74) is 6.18. The summed E-state index contributed by atoms with van der Waals surface area (Å²) in [6.07, 6.45) is 9.27. The van der Waals surface area contributed by atoms with Crippen LogP contribution in [0.15, 0.2) is 66.7 Å². The van der Waals surface area contributed by atoms with E-state index in [0.717, 1.165) is 50.0 Å². The number of aryl methyl sites for hydroxylation is 2. The zero-order chi connectivity index (χ0) is 37.3. The topological polar surface area (TPSA) is 57.6 Å². The molecule has 7 heteroatoms. The molecular weight excluding hydrogens is 649 g/mol. The summed E-state index contributed by atoms with van der Waals surface area (Å²) in [6, 6.07) is 16.5. The summed E-state index contributed by atoms with van der Waals surface area (Å²) in [6.45, 7) is 21.9. The first kappa shape index (κ1) is 44.4. The molecule has 1 aliphatic rings. The molecule has 0 radical (unpaired) electrons. The van der Waals surface area contributed by atoms with Gasteiger partial charge >= 0.3 is 5.97 Å². The number of aromatic nitrogens is 1. The average Bonchev–Trinajstić information content (AvgIpc) is 3.07. The summed E-state index contributed by atoms with van der Waals surface area (Å²) in [4.78, 5) is 15.6. The Morgan fingerprint density at radius 2 is 1.72 bits per heavy atom. The number of allylic oxidation sites excluding steroid dienone is 1. The number of esters is 1. The fourth-order valence-electron chi connectivity index (χ4n) is 4.58. The van der Waals surface area contributed by atoms with Crippen LogP contribution in [0.1, 0.15) is 120 Å². The van der Waals surface area contributed by atoms with Crippen LogP contribution in [0.2, 0.25) is 5.02 Å². The molecule has 5 nitrogen and oxygen atoms in total. The predicted molar refractivity (Wildman–Crippen MR) is 207 cm³/mol. The molecule has 2 heterocycles. The number of carbonyl (C=O) groups excluding carboxylic acids is 1. The molecule has 0 spiro atoms. The number of hydrogen-bond donors (Lipinski definition) is 0. The lowest BCUT2D eigenvalue weighted by Gasteiger charge is -2.24. The molecular formula is C43H59ClFNO4. The highest BCUT2D eigenvalue weighted by molar-refractivity contribution is 6.30. The maximum absolute atomic E-state index is 13.8. The van der Waals surface area contributed by atoms with Gasteiger partial charge in [-0.1, -0.05) is 81.8 Å². The van der Waals surface area contributed by atoms with Gasteiger partial charge in [0.1, 0.15) is 5.82 Å². The van der Waals surface area contributed by atoms with Gasteiger partial charge in [-0.25, -0.2) is 14.2 Å². The summed E-state index contributed by atoms with van der Waals surface area (Å²) >= 11 is 5.76.